The van der Waals surface area contributed by atoms with Crippen molar-refractivity contribution in [3.8, 4) is 0 Å². The van der Waals surface area contributed by atoms with Gasteiger partial charge in [0.05, 0.1) is 17.3 Å². The average molecular weight is 333 g/mol. The topological polar surface area (TPSA) is 72.9 Å². The Balaban J connectivity index is 2.06. The number of amides is 2. The van der Waals surface area contributed by atoms with Gasteiger partial charge < -0.3 is 20.2 Å². The molecular formula is C18H27N3O3. The van der Waals surface area contributed by atoms with E-state index in [0.29, 0.717) is 6.04 Å². The van der Waals surface area contributed by atoms with E-state index in [0.717, 1.165) is 11.4 Å². The van der Waals surface area contributed by atoms with Gasteiger partial charge in [0, 0.05) is 26.7 Å². The second-order valence-corrected chi connectivity index (χ2v) is 6.62. The van der Waals surface area contributed by atoms with Crippen LogP contribution in [0.2, 0.25) is 0 Å². The molecule has 0 radical (unpaired) electrons. The first-order valence-corrected chi connectivity index (χ1v) is 8.47. The molecule has 6 heteroatoms. The van der Waals surface area contributed by atoms with E-state index in [1.165, 1.54) is 30.6 Å². The number of hydrogen-bond donors (Lipinski definition) is 2. The van der Waals surface area contributed by atoms with Crippen LogP contribution in [0.3, 0.4) is 0 Å². The van der Waals surface area contributed by atoms with Gasteiger partial charge in [-0.15, -0.1) is 0 Å². The summed E-state index contributed by atoms with van der Waals surface area (Å²) in [7, 11) is 3.68. The van der Waals surface area contributed by atoms with Crippen molar-refractivity contribution < 1.29 is 14.7 Å². The van der Waals surface area contributed by atoms with Gasteiger partial charge >= 0.3 is 12.0 Å². The number of nitrogens with one attached hydrogen (secondary N) is 1. The molecule has 0 aromatic heterocycles. The predicted molar refractivity (Wildman–Crippen MR) is 95.5 cm³/mol. The Morgan fingerprint density at radius 3 is 2.50 bits per heavy atom. The fraction of sp³-hybridized carbons (Fsp3) is 0.556. The molecule has 0 spiro atoms. The Morgan fingerprint density at radius 1 is 1.25 bits per heavy atom. The highest BCUT2D eigenvalue weighted by Crippen LogP contribution is 2.31. The lowest BCUT2D eigenvalue weighted by Gasteiger charge is -2.29. The van der Waals surface area contributed by atoms with Crippen LogP contribution in [-0.4, -0.2) is 48.7 Å². The molecule has 1 atom stereocenters. The lowest BCUT2D eigenvalue weighted by Crippen LogP contribution is -2.37. The van der Waals surface area contributed by atoms with E-state index < -0.39 is 11.9 Å². The molecule has 1 aromatic carbocycles. The molecule has 0 heterocycles. The Kier molecular flexibility index (Phi) is 6.06. The van der Waals surface area contributed by atoms with Crippen LogP contribution < -0.4 is 10.2 Å². The lowest BCUT2D eigenvalue weighted by molar-refractivity contribution is -0.141. The highest BCUT2D eigenvalue weighted by atomic mass is 16.4. The molecule has 0 aliphatic heterocycles. The Morgan fingerprint density at radius 2 is 1.88 bits per heavy atom. The molecule has 132 valence electrons. The molecule has 1 aliphatic carbocycles. The molecule has 0 saturated heterocycles. The van der Waals surface area contributed by atoms with Crippen LogP contribution in [-0.2, 0) is 4.79 Å². The summed E-state index contributed by atoms with van der Waals surface area (Å²) in [5, 5.41) is 11.9. The van der Waals surface area contributed by atoms with Gasteiger partial charge in [-0.05, 0) is 25.0 Å². The lowest BCUT2D eigenvalue weighted by atomic mass is 10.1. The summed E-state index contributed by atoms with van der Waals surface area (Å²) in [5.41, 5.74) is 1.75. The van der Waals surface area contributed by atoms with Crippen molar-refractivity contribution in [2.75, 3.05) is 30.9 Å². The quantitative estimate of drug-likeness (QED) is 0.838. The SMILES string of the molecule is CC(CN(C)C(=O)Nc1ccccc1N(C)C1CCCC1)C(=O)O. The number of carboxylic acids is 1. The average Bonchev–Trinajstić information content (AvgIpc) is 3.08. The van der Waals surface area contributed by atoms with Gasteiger partial charge in [-0.25, -0.2) is 4.79 Å². The molecule has 1 saturated carbocycles. The van der Waals surface area contributed by atoms with Crippen LogP contribution in [0.5, 0.6) is 0 Å². The zero-order valence-corrected chi connectivity index (χ0v) is 14.7. The summed E-state index contributed by atoms with van der Waals surface area (Å²) in [4.78, 5) is 27.0. The number of aliphatic carboxylic acids is 1. The Hall–Kier alpha value is -2.24. The van der Waals surface area contributed by atoms with Gasteiger partial charge in [0.25, 0.3) is 0 Å². The monoisotopic (exact) mass is 333 g/mol. The number of carbonyl (C=O) groups is 2. The molecule has 24 heavy (non-hydrogen) atoms. The van der Waals surface area contributed by atoms with Crippen molar-refractivity contribution in [3.05, 3.63) is 24.3 Å². The number of urea groups is 1. The Bertz CT molecular complexity index is 585. The molecule has 0 bridgehead atoms. The third-order valence-corrected chi connectivity index (χ3v) is 4.71. The maximum atomic E-state index is 12.4. The van der Waals surface area contributed by atoms with Gasteiger partial charge in [-0.2, -0.15) is 0 Å². The van der Waals surface area contributed by atoms with Gasteiger partial charge in [-0.1, -0.05) is 31.9 Å². The highest BCUT2D eigenvalue weighted by Gasteiger charge is 2.23. The highest BCUT2D eigenvalue weighted by molar-refractivity contribution is 5.93. The molecule has 6 nitrogen and oxygen atoms in total. The molecule has 1 fully saturated rings. The third-order valence-electron chi connectivity index (χ3n) is 4.71. The first kappa shape index (κ1) is 18.1. The van der Waals surface area contributed by atoms with Crippen molar-refractivity contribution in [2.45, 2.75) is 38.6 Å². The molecule has 2 N–H and O–H groups in total. The normalized spacial score (nSPS) is 15.8. The van der Waals surface area contributed by atoms with Crippen LogP contribution >= 0.6 is 0 Å². The number of hydrogen-bond acceptors (Lipinski definition) is 3. The minimum Gasteiger partial charge on any atom is -0.481 e. The molecule has 1 aliphatic rings. The second-order valence-electron chi connectivity index (χ2n) is 6.62. The number of benzene rings is 1. The molecular weight excluding hydrogens is 306 g/mol. The molecule has 2 amide bonds. The number of nitrogens with zero attached hydrogens (tertiary/aromatic N) is 2. The molecule has 2 rings (SSSR count). The number of carboxylic acid groups (broad SMARTS) is 1. The van der Waals surface area contributed by atoms with Crippen LogP contribution in [0, 0.1) is 5.92 Å². The van der Waals surface area contributed by atoms with E-state index in [4.69, 9.17) is 5.11 Å². The number of carbonyl (C=O) groups excluding carboxylic acids is 1. The van der Waals surface area contributed by atoms with E-state index >= 15 is 0 Å². The Labute approximate surface area is 143 Å². The van der Waals surface area contributed by atoms with E-state index in [2.05, 4.69) is 17.3 Å². The van der Waals surface area contributed by atoms with Gasteiger partial charge in [0.2, 0.25) is 0 Å². The number of anilines is 2. The van der Waals surface area contributed by atoms with Crippen LogP contribution in [0.25, 0.3) is 0 Å². The maximum Gasteiger partial charge on any atom is 0.321 e. The predicted octanol–water partition coefficient (Wildman–Crippen LogP) is 3.25. The molecule has 1 unspecified atom stereocenters. The number of rotatable bonds is 6. The smallest absolute Gasteiger partial charge is 0.321 e. The van der Waals surface area contributed by atoms with E-state index in [9.17, 15) is 9.59 Å². The summed E-state index contributed by atoms with van der Waals surface area (Å²) in [6.07, 6.45) is 4.85. The van der Waals surface area contributed by atoms with Crippen molar-refractivity contribution in [1.29, 1.82) is 0 Å². The zero-order valence-electron chi connectivity index (χ0n) is 14.7. The first-order chi connectivity index (χ1) is 11.4. The summed E-state index contributed by atoms with van der Waals surface area (Å²) >= 11 is 0. The van der Waals surface area contributed by atoms with Crippen LogP contribution in [0.4, 0.5) is 16.2 Å². The minimum atomic E-state index is -0.906. The van der Waals surface area contributed by atoms with Crippen molar-refractivity contribution in [3.63, 3.8) is 0 Å². The van der Waals surface area contributed by atoms with Gasteiger partial charge in [0.15, 0.2) is 0 Å². The summed E-state index contributed by atoms with van der Waals surface area (Å²) < 4.78 is 0. The first-order valence-electron chi connectivity index (χ1n) is 8.47. The van der Waals surface area contributed by atoms with Crippen molar-refractivity contribution in [2.24, 2.45) is 5.92 Å². The second kappa shape index (κ2) is 8.04. The largest absolute Gasteiger partial charge is 0.481 e. The third kappa shape index (κ3) is 4.40. The van der Waals surface area contributed by atoms with E-state index in [1.54, 1.807) is 14.0 Å². The van der Waals surface area contributed by atoms with Gasteiger partial charge in [0.1, 0.15) is 0 Å². The van der Waals surface area contributed by atoms with Crippen LogP contribution in [0.1, 0.15) is 32.6 Å². The maximum absolute atomic E-state index is 12.4. The standard InChI is InChI=1S/C18H27N3O3/c1-13(17(22)23)12-20(2)18(24)19-15-10-6-7-11-16(15)21(3)14-8-4-5-9-14/h6-7,10-11,13-14H,4-5,8-9,12H2,1-3H3,(H,19,24)(H,22,23). The number of para-hydroxylation sites is 2. The summed E-state index contributed by atoms with van der Waals surface area (Å²) in [6, 6.07) is 7.96. The van der Waals surface area contributed by atoms with E-state index in [1.807, 2.05) is 24.3 Å². The van der Waals surface area contributed by atoms with Crippen LogP contribution in [0.15, 0.2) is 24.3 Å². The fourth-order valence-corrected chi connectivity index (χ4v) is 3.16. The van der Waals surface area contributed by atoms with Crippen molar-refractivity contribution in [1.82, 2.24) is 4.90 Å². The van der Waals surface area contributed by atoms with E-state index in [-0.39, 0.29) is 12.6 Å². The summed E-state index contributed by atoms with van der Waals surface area (Å²) in [5.74, 6) is -1.51. The van der Waals surface area contributed by atoms with Gasteiger partial charge in [-0.3, -0.25) is 4.79 Å². The van der Waals surface area contributed by atoms with Crippen molar-refractivity contribution >= 4 is 23.4 Å². The zero-order chi connectivity index (χ0) is 17.7. The summed E-state index contributed by atoms with van der Waals surface area (Å²) in [6.45, 7) is 1.76. The fourth-order valence-electron chi connectivity index (χ4n) is 3.16. The molecule has 1 aromatic rings. The minimum absolute atomic E-state index is 0.168.